The lowest BCUT2D eigenvalue weighted by molar-refractivity contribution is 0.504. The number of aromatic nitrogens is 2. The summed E-state index contributed by atoms with van der Waals surface area (Å²) in [5.41, 5.74) is 8.07. The van der Waals surface area contributed by atoms with E-state index in [1.165, 1.54) is 5.69 Å². The molecule has 0 bridgehead atoms. The minimum atomic E-state index is -0.196. The molecule has 0 fully saturated rings. The Hall–Kier alpha value is -0.830. The van der Waals surface area contributed by atoms with Crippen LogP contribution in [-0.4, -0.2) is 15.5 Å². The van der Waals surface area contributed by atoms with Gasteiger partial charge in [-0.25, -0.2) is 4.98 Å². The maximum Gasteiger partial charge on any atom is 0.108 e. The molecule has 0 saturated heterocycles. The van der Waals surface area contributed by atoms with Crippen LogP contribution < -0.4 is 5.73 Å². The average Bonchev–Trinajstić information content (AvgIpc) is 2.26. The highest BCUT2D eigenvalue weighted by Gasteiger charge is 2.16. The van der Waals surface area contributed by atoms with Crippen molar-refractivity contribution in [2.45, 2.75) is 52.5 Å². The molecule has 0 unspecified atom stereocenters. The van der Waals surface area contributed by atoms with E-state index in [1.54, 1.807) is 0 Å². The minimum absolute atomic E-state index is 0.196. The zero-order chi connectivity index (χ0) is 10.9. The van der Waals surface area contributed by atoms with E-state index < -0.39 is 0 Å². The van der Waals surface area contributed by atoms with E-state index in [9.17, 15) is 0 Å². The highest BCUT2D eigenvalue weighted by atomic mass is 14.9. The van der Waals surface area contributed by atoms with E-state index in [-0.39, 0.29) is 5.54 Å². The molecule has 3 nitrogen and oxygen atoms in total. The molecule has 0 aliphatic carbocycles. The molecule has 0 atom stereocenters. The summed E-state index contributed by atoms with van der Waals surface area (Å²) in [6.45, 7) is 10.4. The van der Waals surface area contributed by atoms with Crippen molar-refractivity contribution < 1.29 is 0 Å². The fourth-order valence-corrected chi connectivity index (χ4v) is 1.62. The lowest BCUT2D eigenvalue weighted by Crippen LogP contribution is -2.34. The van der Waals surface area contributed by atoms with Gasteiger partial charge >= 0.3 is 0 Å². The summed E-state index contributed by atoms with van der Waals surface area (Å²) in [6.07, 6.45) is 0.792. The van der Waals surface area contributed by atoms with Crippen LogP contribution in [-0.2, 0) is 6.42 Å². The topological polar surface area (TPSA) is 54.7 Å². The summed E-state index contributed by atoms with van der Waals surface area (Å²) >= 11 is 0. The summed E-state index contributed by atoms with van der Waals surface area (Å²) in [5.74, 6) is 1.47. The second-order valence-corrected chi connectivity index (χ2v) is 5.01. The van der Waals surface area contributed by atoms with Crippen LogP contribution in [0.25, 0.3) is 0 Å². The van der Waals surface area contributed by atoms with Gasteiger partial charge in [0.15, 0.2) is 0 Å². The molecule has 0 aliphatic rings. The summed E-state index contributed by atoms with van der Waals surface area (Å²) in [5, 5.41) is 0. The Kier molecular flexibility index (Phi) is 3.00. The summed E-state index contributed by atoms with van der Waals surface area (Å²) in [4.78, 5) is 7.85. The smallest absolute Gasteiger partial charge is 0.108 e. The Bertz CT molecular complexity index is 305. The van der Waals surface area contributed by atoms with Crippen molar-refractivity contribution in [3.8, 4) is 0 Å². The number of imidazole rings is 1. The molecule has 3 N–H and O–H groups in total. The molecule has 14 heavy (non-hydrogen) atoms. The molecular formula is C11H21N3. The van der Waals surface area contributed by atoms with Crippen molar-refractivity contribution in [2.24, 2.45) is 5.73 Å². The van der Waals surface area contributed by atoms with Gasteiger partial charge in [-0.1, -0.05) is 13.8 Å². The lowest BCUT2D eigenvalue weighted by atomic mass is 10.0. The van der Waals surface area contributed by atoms with Crippen molar-refractivity contribution in [3.05, 3.63) is 17.2 Å². The van der Waals surface area contributed by atoms with Crippen molar-refractivity contribution in [3.63, 3.8) is 0 Å². The largest absolute Gasteiger partial charge is 0.346 e. The maximum atomic E-state index is 5.94. The maximum absolute atomic E-state index is 5.94. The Balaban J connectivity index is 2.86. The van der Waals surface area contributed by atoms with Crippen LogP contribution in [0.1, 0.15) is 50.8 Å². The first-order chi connectivity index (χ1) is 6.29. The number of aromatic amines is 1. The van der Waals surface area contributed by atoms with Gasteiger partial charge in [0.05, 0.1) is 5.69 Å². The first-order valence-corrected chi connectivity index (χ1v) is 5.14. The molecule has 0 saturated carbocycles. The van der Waals surface area contributed by atoms with Crippen molar-refractivity contribution >= 4 is 0 Å². The molecule has 0 spiro atoms. The van der Waals surface area contributed by atoms with Crippen LogP contribution in [0.3, 0.4) is 0 Å². The fraction of sp³-hybridized carbons (Fsp3) is 0.727. The zero-order valence-electron chi connectivity index (χ0n) is 9.81. The van der Waals surface area contributed by atoms with Gasteiger partial charge in [-0.2, -0.15) is 0 Å². The molecule has 1 rings (SSSR count). The predicted octanol–water partition coefficient (Wildman–Crippen LogP) is 2.12. The van der Waals surface area contributed by atoms with Gasteiger partial charge in [-0.3, -0.25) is 0 Å². The average molecular weight is 195 g/mol. The first kappa shape index (κ1) is 11.2. The number of nitrogens with two attached hydrogens (primary N) is 1. The number of H-pyrrole nitrogens is 1. The fourth-order valence-electron chi connectivity index (χ4n) is 1.62. The normalized spacial score (nSPS) is 12.5. The van der Waals surface area contributed by atoms with E-state index in [0.29, 0.717) is 5.92 Å². The molecule has 1 aromatic heterocycles. The third-order valence-electron chi connectivity index (χ3n) is 2.14. The van der Waals surface area contributed by atoms with Crippen LogP contribution in [0.5, 0.6) is 0 Å². The van der Waals surface area contributed by atoms with Gasteiger partial charge in [0.2, 0.25) is 0 Å². The van der Waals surface area contributed by atoms with Gasteiger partial charge in [-0.05, 0) is 26.7 Å². The number of hydrogen-bond acceptors (Lipinski definition) is 2. The van der Waals surface area contributed by atoms with Crippen molar-refractivity contribution in [2.75, 3.05) is 0 Å². The molecule has 0 aliphatic heterocycles. The van der Waals surface area contributed by atoms with Gasteiger partial charge in [0.1, 0.15) is 5.82 Å². The van der Waals surface area contributed by atoms with E-state index in [4.69, 9.17) is 5.73 Å². The summed E-state index contributed by atoms with van der Waals surface area (Å²) in [7, 11) is 0. The van der Waals surface area contributed by atoms with E-state index in [0.717, 1.165) is 17.9 Å². The SMILES string of the molecule is Cc1[nH]c(CC(C)(C)N)nc1C(C)C. The molecule has 3 heteroatoms. The summed E-state index contributed by atoms with van der Waals surface area (Å²) in [6, 6.07) is 0. The lowest BCUT2D eigenvalue weighted by Gasteiger charge is -2.15. The standard InChI is InChI=1S/C11H21N3/c1-7(2)10-8(3)13-9(14-10)6-11(4,5)12/h7H,6,12H2,1-5H3,(H,13,14). The van der Waals surface area contributed by atoms with Crippen LogP contribution in [0.4, 0.5) is 0 Å². The Morgan fingerprint density at radius 3 is 2.36 bits per heavy atom. The molecule has 1 heterocycles. The van der Waals surface area contributed by atoms with Gasteiger partial charge in [0, 0.05) is 17.7 Å². The van der Waals surface area contributed by atoms with Gasteiger partial charge in [0.25, 0.3) is 0 Å². The highest BCUT2D eigenvalue weighted by Crippen LogP contribution is 2.17. The molecule has 1 aromatic rings. The second kappa shape index (κ2) is 3.73. The zero-order valence-corrected chi connectivity index (χ0v) is 9.81. The van der Waals surface area contributed by atoms with Crippen LogP contribution in [0, 0.1) is 6.92 Å². The van der Waals surface area contributed by atoms with Crippen LogP contribution >= 0.6 is 0 Å². The molecule has 80 valence electrons. The third kappa shape index (κ3) is 2.84. The van der Waals surface area contributed by atoms with E-state index >= 15 is 0 Å². The third-order valence-corrected chi connectivity index (χ3v) is 2.14. The summed E-state index contributed by atoms with van der Waals surface area (Å²) < 4.78 is 0. The predicted molar refractivity (Wildman–Crippen MR) is 59.4 cm³/mol. The van der Waals surface area contributed by atoms with Gasteiger partial charge in [-0.15, -0.1) is 0 Å². The highest BCUT2D eigenvalue weighted by molar-refractivity contribution is 5.17. The van der Waals surface area contributed by atoms with E-state index in [2.05, 4.69) is 30.7 Å². The molecule has 0 radical (unpaired) electrons. The molecule has 0 amide bonds. The second-order valence-electron chi connectivity index (χ2n) is 5.01. The number of nitrogens with zero attached hydrogens (tertiary/aromatic N) is 1. The Labute approximate surface area is 86.1 Å². The Morgan fingerprint density at radius 1 is 1.43 bits per heavy atom. The quantitative estimate of drug-likeness (QED) is 0.776. The molecular weight excluding hydrogens is 174 g/mol. The van der Waals surface area contributed by atoms with Crippen molar-refractivity contribution in [1.82, 2.24) is 9.97 Å². The number of hydrogen-bond donors (Lipinski definition) is 2. The van der Waals surface area contributed by atoms with E-state index in [1.807, 2.05) is 13.8 Å². The van der Waals surface area contributed by atoms with Crippen LogP contribution in [0.2, 0.25) is 0 Å². The van der Waals surface area contributed by atoms with Crippen molar-refractivity contribution in [1.29, 1.82) is 0 Å². The number of aryl methyl sites for hydroxylation is 1. The van der Waals surface area contributed by atoms with Gasteiger partial charge < -0.3 is 10.7 Å². The first-order valence-electron chi connectivity index (χ1n) is 5.14. The monoisotopic (exact) mass is 195 g/mol. The minimum Gasteiger partial charge on any atom is -0.346 e. The number of rotatable bonds is 3. The van der Waals surface area contributed by atoms with Crippen LogP contribution in [0.15, 0.2) is 0 Å². The Morgan fingerprint density at radius 2 is 2.00 bits per heavy atom. The molecule has 0 aromatic carbocycles. The number of nitrogens with one attached hydrogen (secondary N) is 1.